The monoisotopic (exact) mass is 250 g/mol. The summed E-state index contributed by atoms with van der Waals surface area (Å²) in [6.07, 6.45) is 0. The highest BCUT2D eigenvalue weighted by Gasteiger charge is 2.65. The van der Waals surface area contributed by atoms with Crippen molar-refractivity contribution >= 4 is 0 Å². The molecule has 19 heavy (non-hydrogen) atoms. The molecule has 0 radical (unpaired) electrons. The zero-order valence-corrected chi connectivity index (χ0v) is 12.3. The average molecular weight is 250 g/mol. The maximum Gasteiger partial charge on any atom is -0.00425 e. The predicted molar refractivity (Wildman–Crippen MR) is 82.2 cm³/mol. The van der Waals surface area contributed by atoms with E-state index in [1.54, 1.807) is 0 Å². The Morgan fingerprint density at radius 2 is 1.21 bits per heavy atom. The molecule has 0 heterocycles. The Morgan fingerprint density at radius 3 is 1.79 bits per heavy atom. The Labute approximate surface area is 116 Å². The lowest BCUT2D eigenvalue weighted by atomic mass is 9.93. The molecule has 1 saturated carbocycles. The van der Waals surface area contributed by atoms with Gasteiger partial charge in [0.1, 0.15) is 0 Å². The number of benzene rings is 2. The molecule has 0 saturated heterocycles. The second-order valence-corrected chi connectivity index (χ2v) is 6.83. The Hall–Kier alpha value is -1.56. The minimum atomic E-state index is 0.387. The molecule has 0 nitrogen and oxygen atoms in total. The molecule has 1 aliphatic rings. The fourth-order valence-corrected chi connectivity index (χ4v) is 3.60. The van der Waals surface area contributed by atoms with Crippen molar-refractivity contribution in [3.8, 4) is 11.1 Å². The molecule has 0 amide bonds. The topological polar surface area (TPSA) is 0 Å². The van der Waals surface area contributed by atoms with Gasteiger partial charge in [0.25, 0.3) is 0 Å². The molecule has 2 aromatic carbocycles. The van der Waals surface area contributed by atoms with Crippen molar-refractivity contribution in [3.63, 3.8) is 0 Å². The number of hydrogen-bond acceptors (Lipinski definition) is 0. The molecule has 0 aliphatic heterocycles. The highest BCUT2D eigenvalue weighted by atomic mass is 14.7. The Balaban J connectivity index is 2.11. The molecule has 3 rings (SSSR count). The summed E-state index contributed by atoms with van der Waals surface area (Å²) in [5.41, 5.74) is 5.00. The predicted octanol–water partition coefficient (Wildman–Crippen LogP) is 5.50. The lowest BCUT2D eigenvalue weighted by molar-refractivity contribution is 0.457. The Kier molecular flexibility index (Phi) is 2.60. The lowest BCUT2D eigenvalue weighted by Gasteiger charge is -2.11. The van der Waals surface area contributed by atoms with Crippen molar-refractivity contribution in [1.29, 1.82) is 0 Å². The molecule has 0 atom stereocenters. The van der Waals surface area contributed by atoms with Crippen LogP contribution in [0.4, 0.5) is 0 Å². The SMILES string of the molecule is CC1(C)C(c2ccccc2-c2ccccc2)C1(C)C. The molecular formula is C19H22. The molecule has 0 unspecified atom stereocenters. The fraction of sp³-hybridized carbons (Fsp3) is 0.368. The quantitative estimate of drug-likeness (QED) is 0.660. The van der Waals surface area contributed by atoms with Crippen LogP contribution in [-0.4, -0.2) is 0 Å². The van der Waals surface area contributed by atoms with Crippen molar-refractivity contribution in [1.82, 2.24) is 0 Å². The van der Waals surface area contributed by atoms with E-state index in [1.807, 2.05) is 0 Å². The van der Waals surface area contributed by atoms with Crippen LogP contribution in [0.2, 0.25) is 0 Å². The zero-order valence-electron chi connectivity index (χ0n) is 12.3. The third kappa shape index (κ3) is 1.74. The summed E-state index contributed by atoms with van der Waals surface area (Å²) >= 11 is 0. The first-order valence-electron chi connectivity index (χ1n) is 7.10. The second kappa shape index (κ2) is 3.96. The standard InChI is InChI=1S/C19H22/c1-18(2)17(19(18,3)4)16-13-9-8-12-15(16)14-10-6-5-7-11-14/h5-13,17H,1-4H3. The third-order valence-electron chi connectivity index (χ3n) is 5.38. The molecule has 1 aliphatic carbocycles. The van der Waals surface area contributed by atoms with Crippen LogP contribution in [0.5, 0.6) is 0 Å². The van der Waals surface area contributed by atoms with Crippen LogP contribution in [0, 0.1) is 10.8 Å². The molecule has 0 N–H and O–H groups in total. The molecule has 0 aromatic heterocycles. The van der Waals surface area contributed by atoms with Gasteiger partial charge < -0.3 is 0 Å². The van der Waals surface area contributed by atoms with E-state index in [4.69, 9.17) is 0 Å². The summed E-state index contributed by atoms with van der Waals surface area (Å²) in [5.74, 6) is 0.649. The van der Waals surface area contributed by atoms with Gasteiger partial charge in [-0.2, -0.15) is 0 Å². The van der Waals surface area contributed by atoms with E-state index in [0.717, 1.165) is 0 Å². The molecule has 98 valence electrons. The van der Waals surface area contributed by atoms with E-state index < -0.39 is 0 Å². The van der Waals surface area contributed by atoms with Crippen LogP contribution >= 0.6 is 0 Å². The molecule has 2 aromatic rings. The van der Waals surface area contributed by atoms with Gasteiger partial charge in [0, 0.05) is 0 Å². The minimum Gasteiger partial charge on any atom is -0.0622 e. The first-order chi connectivity index (χ1) is 8.96. The first-order valence-corrected chi connectivity index (χ1v) is 7.10. The summed E-state index contributed by atoms with van der Waals surface area (Å²) in [4.78, 5) is 0. The number of hydrogen-bond donors (Lipinski definition) is 0. The van der Waals surface area contributed by atoms with Crippen LogP contribution in [0.3, 0.4) is 0 Å². The van der Waals surface area contributed by atoms with E-state index in [-0.39, 0.29) is 0 Å². The van der Waals surface area contributed by atoms with E-state index in [2.05, 4.69) is 82.3 Å². The molecular weight excluding hydrogens is 228 g/mol. The van der Waals surface area contributed by atoms with Crippen LogP contribution in [0.25, 0.3) is 11.1 Å². The van der Waals surface area contributed by atoms with E-state index in [9.17, 15) is 0 Å². The highest BCUT2D eigenvalue weighted by Crippen LogP contribution is 2.74. The summed E-state index contributed by atoms with van der Waals surface area (Å²) in [6.45, 7) is 9.55. The van der Waals surface area contributed by atoms with Gasteiger partial charge in [-0.05, 0) is 33.4 Å². The first kappa shape index (κ1) is 12.5. The van der Waals surface area contributed by atoms with Crippen molar-refractivity contribution in [2.24, 2.45) is 10.8 Å². The maximum absolute atomic E-state index is 2.39. The summed E-state index contributed by atoms with van der Waals surface area (Å²) in [7, 11) is 0. The van der Waals surface area contributed by atoms with Crippen LogP contribution in [0.15, 0.2) is 54.6 Å². The van der Waals surface area contributed by atoms with Crippen molar-refractivity contribution in [2.45, 2.75) is 33.6 Å². The van der Waals surface area contributed by atoms with Gasteiger partial charge in [-0.15, -0.1) is 0 Å². The average Bonchev–Trinajstić information content (AvgIpc) is 2.81. The second-order valence-electron chi connectivity index (χ2n) is 6.83. The summed E-state index contributed by atoms with van der Waals surface area (Å²) < 4.78 is 0. The van der Waals surface area contributed by atoms with Gasteiger partial charge in [-0.3, -0.25) is 0 Å². The van der Waals surface area contributed by atoms with Gasteiger partial charge in [-0.25, -0.2) is 0 Å². The maximum atomic E-state index is 2.39. The van der Waals surface area contributed by atoms with Crippen molar-refractivity contribution < 1.29 is 0 Å². The molecule has 0 spiro atoms. The van der Waals surface area contributed by atoms with Crippen LogP contribution in [0.1, 0.15) is 39.2 Å². The molecule has 0 bridgehead atoms. The van der Waals surface area contributed by atoms with Crippen LogP contribution < -0.4 is 0 Å². The largest absolute Gasteiger partial charge is 0.0622 e. The minimum absolute atomic E-state index is 0.387. The summed E-state index contributed by atoms with van der Waals surface area (Å²) in [6, 6.07) is 19.6. The van der Waals surface area contributed by atoms with Gasteiger partial charge >= 0.3 is 0 Å². The number of rotatable bonds is 2. The van der Waals surface area contributed by atoms with E-state index >= 15 is 0 Å². The van der Waals surface area contributed by atoms with Crippen molar-refractivity contribution in [3.05, 3.63) is 60.2 Å². The van der Waals surface area contributed by atoms with Gasteiger partial charge in [0.15, 0.2) is 0 Å². The van der Waals surface area contributed by atoms with E-state index in [0.29, 0.717) is 16.7 Å². The normalized spacial score (nSPS) is 20.2. The lowest BCUT2D eigenvalue weighted by Crippen LogP contribution is -1.95. The van der Waals surface area contributed by atoms with Gasteiger partial charge in [0.05, 0.1) is 0 Å². The zero-order chi connectivity index (χ0) is 13.7. The summed E-state index contributed by atoms with van der Waals surface area (Å²) in [5, 5.41) is 0. The Bertz CT molecular complexity index is 576. The molecule has 0 heteroatoms. The van der Waals surface area contributed by atoms with Crippen LogP contribution in [-0.2, 0) is 0 Å². The fourth-order valence-electron chi connectivity index (χ4n) is 3.60. The Morgan fingerprint density at radius 1 is 0.684 bits per heavy atom. The molecule has 1 fully saturated rings. The van der Waals surface area contributed by atoms with Crippen molar-refractivity contribution in [2.75, 3.05) is 0 Å². The highest BCUT2D eigenvalue weighted by molar-refractivity contribution is 5.69. The van der Waals surface area contributed by atoms with E-state index in [1.165, 1.54) is 16.7 Å². The van der Waals surface area contributed by atoms with Gasteiger partial charge in [0.2, 0.25) is 0 Å². The third-order valence-corrected chi connectivity index (χ3v) is 5.38. The smallest absolute Gasteiger partial charge is 0.00425 e. The van der Waals surface area contributed by atoms with Gasteiger partial charge in [-0.1, -0.05) is 82.3 Å².